The molecule has 1 saturated heterocycles. The van der Waals surface area contributed by atoms with Gasteiger partial charge in [-0.15, -0.1) is 0 Å². The molecule has 1 heterocycles. The van der Waals surface area contributed by atoms with Crippen LogP contribution < -0.4 is 5.32 Å². The number of carbonyl (C=O) groups is 2. The molecule has 1 amide bonds. The third-order valence-electron chi connectivity index (χ3n) is 3.44. The summed E-state index contributed by atoms with van der Waals surface area (Å²) in [7, 11) is 0. The van der Waals surface area contributed by atoms with Crippen LogP contribution in [0.2, 0.25) is 5.02 Å². The number of benzene rings is 1. The molecule has 0 spiro atoms. The van der Waals surface area contributed by atoms with E-state index in [9.17, 15) is 9.59 Å². The lowest BCUT2D eigenvalue weighted by atomic mass is 9.86. The molecule has 2 N–H and O–H groups in total. The van der Waals surface area contributed by atoms with Crippen molar-refractivity contribution < 1.29 is 19.4 Å². The van der Waals surface area contributed by atoms with Gasteiger partial charge in [-0.25, -0.2) is 0 Å². The minimum Gasteiger partial charge on any atom is -0.481 e. The van der Waals surface area contributed by atoms with Crippen molar-refractivity contribution in [2.24, 2.45) is 0 Å². The molecular formula is C14H16ClNO4. The summed E-state index contributed by atoms with van der Waals surface area (Å²) in [5.41, 5.74) is -0.411. The third-order valence-corrected chi connectivity index (χ3v) is 3.77. The molecular weight excluding hydrogens is 282 g/mol. The maximum Gasteiger partial charge on any atom is 0.305 e. The Kier molecular flexibility index (Phi) is 4.62. The van der Waals surface area contributed by atoms with Gasteiger partial charge in [0.15, 0.2) is 0 Å². The third kappa shape index (κ3) is 3.49. The van der Waals surface area contributed by atoms with E-state index >= 15 is 0 Å². The van der Waals surface area contributed by atoms with E-state index in [0.29, 0.717) is 36.6 Å². The maximum atomic E-state index is 12.3. The highest BCUT2D eigenvalue weighted by molar-refractivity contribution is 6.33. The number of hydrogen-bond acceptors (Lipinski definition) is 3. The van der Waals surface area contributed by atoms with Gasteiger partial charge in [0.2, 0.25) is 0 Å². The summed E-state index contributed by atoms with van der Waals surface area (Å²) >= 11 is 5.99. The fourth-order valence-electron chi connectivity index (χ4n) is 2.35. The van der Waals surface area contributed by atoms with E-state index in [1.165, 1.54) is 0 Å². The first-order valence-corrected chi connectivity index (χ1v) is 6.77. The van der Waals surface area contributed by atoms with Gasteiger partial charge < -0.3 is 15.2 Å². The van der Waals surface area contributed by atoms with Crippen LogP contribution >= 0.6 is 11.6 Å². The highest BCUT2D eigenvalue weighted by atomic mass is 35.5. The van der Waals surface area contributed by atoms with Crippen molar-refractivity contribution in [3.05, 3.63) is 34.9 Å². The molecule has 6 heteroatoms. The van der Waals surface area contributed by atoms with Crippen LogP contribution in [0.25, 0.3) is 0 Å². The van der Waals surface area contributed by atoms with E-state index in [2.05, 4.69) is 5.32 Å². The summed E-state index contributed by atoms with van der Waals surface area (Å²) < 4.78 is 5.25. The van der Waals surface area contributed by atoms with E-state index in [0.717, 1.165) is 0 Å². The predicted octanol–water partition coefficient (Wildman–Crippen LogP) is 2.09. The average molecular weight is 298 g/mol. The van der Waals surface area contributed by atoms with E-state index < -0.39 is 11.5 Å². The number of rotatable bonds is 4. The first kappa shape index (κ1) is 14.8. The molecule has 0 aliphatic carbocycles. The van der Waals surface area contributed by atoms with E-state index in [-0.39, 0.29) is 12.3 Å². The minimum absolute atomic E-state index is 0.118. The first-order chi connectivity index (χ1) is 9.52. The SMILES string of the molecule is O=C(O)CC1(NC(=O)c2ccccc2Cl)CCOCC1. The molecule has 0 aromatic heterocycles. The van der Waals surface area contributed by atoms with E-state index in [1.807, 2.05) is 0 Å². The number of carboxylic acids is 1. The number of hydrogen-bond donors (Lipinski definition) is 2. The summed E-state index contributed by atoms with van der Waals surface area (Å²) in [6.45, 7) is 0.881. The van der Waals surface area contributed by atoms with Crippen molar-refractivity contribution in [1.29, 1.82) is 0 Å². The summed E-state index contributed by atoms with van der Waals surface area (Å²) in [4.78, 5) is 23.3. The smallest absolute Gasteiger partial charge is 0.305 e. The van der Waals surface area contributed by atoms with Gasteiger partial charge in [-0.3, -0.25) is 9.59 Å². The second kappa shape index (κ2) is 6.24. The van der Waals surface area contributed by atoms with Crippen molar-refractivity contribution in [1.82, 2.24) is 5.32 Å². The Bertz CT molecular complexity index is 512. The number of amides is 1. The van der Waals surface area contributed by atoms with Crippen molar-refractivity contribution in [3.8, 4) is 0 Å². The first-order valence-electron chi connectivity index (χ1n) is 6.39. The second-order valence-corrected chi connectivity index (χ2v) is 5.30. The van der Waals surface area contributed by atoms with Crippen LogP contribution in [0.1, 0.15) is 29.6 Å². The molecule has 1 aliphatic rings. The molecule has 20 heavy (non-hydrogen) atoms. The lowest BCUT2D eigenvalue weighted by molar-refractivity contribution is -0.139. The van der Waals surface area contributed by atoms with Gasteiger partial charge in [0.05, 0.1) is 22.5 Å². The van der Waals surface area contributed by atoms with Gasteiger partial charge in [-0.1, -0.05) is 23.7 Å². The number of ether oxygens (including phenoxy) is 1. The van der Waals surface area contributed by atoms with Crippen molar-refractivity contribution in [2.75, 3.05) is 13.2 Å². The molecule has 0 atom stereocenters. The molecule has 0 unspecified atom stereocenters. The highest BCUT2D eigenvalue weighted by Gasteiger charge is 2.36. The number of carbonyl (C=O) groups excluding carboxylic acids is 1. The Hall–Kier alpha value is -1.59. The summed E-state index contributed by atoms with van der Waals surface area (Å²) in [5, 5.41) is 12.2. The zero-order valence-electron chi connectivity index (χ0n) is 10.9. The largest absolute Gasteiger partial charge is 0.481 e. The molecule has 0 bridgehead atoms. The Morgan fingerprint density at radius 1 is 1.30 bits per heavy atom. The number of aliphatic carboxylic acids is 1. The minimum atomic E-state index is -0.939. The van der Waals surface area contributed by atoms with Crippen LogP contribution in [0.4, 0.5) is 0 Å². The molecule has 1 aliphatic heterocycles. The molecule has 0 radical (unpaired) electrons. The van der Waals surface area contributed by atoms with Crippen LogP contribution in [0.5, 0.6) is 0 Å². The molecule has 0 saturated carbocycles. The van der Waals surface area contributed by atoms with Crippen molar-refractivity contribution in [3.63, 3.8) is 0 Å². The zero-order valence-corrected chi connectivity index (χ0v) is 11.7. The highest BCUT2D eigenvalue weighted by Crippen LogP contribution is 2.26. The maximum absolute atomic E-state index is 12.3. The molecule has 1 fully saturated rings. The normalized spacial score (nSPS) is 17.4. The summed E-state index contributed by atoms with van der Waals surface area (Å²) in [5.74, 6) is -1.29. The van der Waals surface area contributed by atoms with Gasteiger partial charge in [-0.05, 0) is 25.0 Å². The fraction of sp³-hybridized carbons (Fsp3) is 0.429. The summed E-state index contributed by atoms with van der Waals surface area (Å²) in [6, 6.07) is 6.70. The van der Waals surface area contributed by atoms with Gasteiger partial charge in [0, 0.05) is 13.2 Å². The van der Waals surface area contributed by atoms with Crippen LogP contribution in [0.3, 0.4) is 0 Å². The molecule has 5 nitrogen and oxygen atoms in total. The van der Waals surface area contributed by atoms with Crippen LogP contribution in [-0.4, -0.2) is 35.7 Å². The van der Waals surface area contributed by atoms with Gasteiger partial charge in [-0.2, -0.15) is 0 Å². The lowest BCUT2D eigenvalue weighted by Gasteiger charge is -2.36. The Morgan fingerprint density at radius 2 is 1.95 bits per heavy atom. The second-order valence-electron chi connectivity index (χ2n) is 4.90. The van der Waals surface area contributed by atoms with Gasteiger partial charge in [0.25, 0.3) is 5.91 Å². The van der Waals surface area contributed by atoms with Gasteiger partial charge in [0.1, 0.15) is 0 Å². The average Bonchev–Trinajstić information content (AvgIpc) is 2.39. The van der Waals surface area contributed by atoms with Crippen LogP contribution in [0.15, 0.2) is 24.3 Å². The fourth-order valence-corrected chi connectivity index (χ4v) is 2.57. The Balaban J connectivity index is 2.17. The van der Waals surface area contributed by atoms with Crippen LogP contribution in [0, 0.1) is 0 Å². The quantitative estimate of drug-likeness (QED) is 0.892. The molecule has 108 valence electrons. The predicted molar refractivity (Wildman–Crippen MR) is 74.0 cm³/mol. The molecule has 1 aromatic carbocycles. The van der Waals surface area contributed by atoms with E-state index in [1.54, 1.807) is 24.3 Å². The summed E-state index contributed by atoms with van der Waals surface area (Å²) in [6.07, 6.45) is 0.845. The molecule has 2 rings (SSSR count). The monoisotopic (exact) mass is 297 g/mol. The lowest BCUT2D eigenvalue weighted by Crippen LogP contribution is -2.53. The van der Waals surface area contributed by atoms with E-state index in [4.69, 9.17) is 21.4 Å². The molecule has 1 aromatic rings. The zero-order chi connectivity index (χ0) is 14.6. The number of halogens is 1. The standard InChI is InChI=1S/C14H16ClNO4/c15-11-4-2-1-3-10(11)13(19)16-14(9-12(17)18)5-7-20-8-6-14/h1-4H,5-9H2,(H,16,19)(H,17,18). The number of nitrogens with one attached hydrogen (secondary N) is 1. The van der Waals surface area contributed by atoms with Gasteiger partial charge >= 0.3 is 5.97 Å². The Labute approximate surface area is 121 Å². The number of carboxylic acid groups (broad SMARTS) is 1. The Morgan fingerprint density at radius 3 is 2.55 bits per heavy atom. The van der Waals surface area contributed by atoms with Crippen LogP contribution in [-0.2, 0) is 9.53 Å². The topological polar surface area (TPSA) is 75.6 Å². The van der Waals surface area contributed by atoms with Crippen molar-refractivity contribution >= 4 is 23.5 Å². The van der Waals surface area contributed by atoms with Crippen molar-refractivity contribution in [2.45, 2.75) is 24.8 Å².